The van der Waals surface area contributed by atoms with Crippen LogP contribution in [0.15, 0.2) is 11.6 Å². The third-order valence-corrected chi connectivity index (χ3v) is 27.0. The summed E-state index contributed by atoms with van der Waals surface area (Å²) in [5, 5.41) is 131. The van der Waals surface area contributed by atoms with Gasteiger partial charge >= 0.3 is 41.8 Å². The molecule has 37 unspecified atom stereocenters. The number of rotatable bonds is 23. The lowest BCUT2D eigenvalue weighted by Gasteiger charge is -2.71. The Morgan fingerprint density at radius 2 is 1.07 bits per heavy atom. The van der Waals surface area contributed by atoms with E-state index in [4.69, 9.17) is 71.1 Å². The maximum absolute atomic E-state index is 16.6. The second kappa shape index (κ2) is 33.6. The number of hydrogen-bond acceptors (Lipinski definition) is 33. The Kier molecular flexibility index (Phi) is 26.7. The Bertz CT molecular complexity index is 3280. The van der Waals surface area contributed by atoms with Crippen molar-refractivity contribution in [2.24, 2.45) is 62.1 Å². The molecule has 0 aromatic rings. The third-order valence-electron chi connectivity index (χ3n) is 27.0. The summed E-state index contributed by atoms with van der Waals surface area (Å²) >= 11 is 0. The molecule has 12 N–H and O–H groups in total. The smallest absolute Gasteiger partial charge is 0.335 e. The van der Waals surface area contributed by atoms with Crippen LogP contribution in [0.3, 0.4) is 0 Å². The van der Waals surface area contributed by atoms with Gasteiger partial charge < -0.3 is 132 Å². The molecule has 34 nitrogen and oxygen atoms in total. The van der Waals surface area contributed by atoms with Crippen LogP contribution in [0.4, 0.5) is 0 Å². The first-order chi connectivity index (χ1) is 51.1. The van der Waals surface area contributed by atoms with E-state index in [9.17, 15) is 90.0 Å². The van der Waals surface area contributed by atoms with E-state index in [-0.39, 0.29) is 57.0 Å². The number of fused-ring (bicyclic) bond motifs is 7. The molecule has 10 aliphatic rings. The molecule has 10 rings (SSSR count). The minimum atomic E-state index is -2.14. The first kappa shape index (κ1) is 86.6. The summed E-state index contributed by atoms with van der Waals surface area (Å²) in [6.45, 7) is 20.1. The largest absolute Gasteiger partial charge is 0.479 e. The highest BCUT2D eigenvalue weighted by Crippen LogP contribution is 2.76. The molecule has 9 fully saturated rings. The first-order valence-corrected chi connectivity index (χ1v) is 38.3. The van der Waals surface area contributed by atoms with E-state index in [2.05, 4.69) is 26.8 Å². The second-order valence-electron chi connectivity index (χ2n) is 33.5. The van der Waals surface area contributed by atoms with Crippen LogP contribution < -0.4 is 0 Å². The average Bonchev–Trinajstić information content (AvgIpc) is 0.677. The highest BCUT2D eigenvalue weighted by molar-refractivity contribution is 5.82. The quantitative estimate of drug-likeness (QED) is 0.0285. The number of methoxy groups -OCH3 is 1. The fourth-order valence-electron chi connectivity index (χ4n) is 19.8. The normalized spacial score (nSPS) is 47.5. The Labute approximate surface area is 632 Å². The summed E-state index contributed by atoms with van der Waals surface area (Å²) in [6.07, 6.45) is -41.2. The summed E-state index contributed by atoms with van der Waals surface area (Å²) in [4.78, 5) is 97.5. The summed E-state index contributed by atoms with van der Waals surface area (Å²) in [6, 6.07) is 0. The predicted molar refractivity (Wildman–Crippen MR) is 367 cm³/mol. The number of aliphatic hydroxyl groups excluding tert-OH is 11. The van der Waals surface area contributed by atoms with Gasteiger partial charge in [-0.3, -0.25) is 28.8 Å². The van der Waals surface area contributed by atoms with Gasteiger partial charge in [-0.05, 0) is 132 Å². The van der Waals surface area contributed by atoms with Crippen LogP contribution in [-0.4, -0.2) is 290 Å². The van der Waals surface area contributed by atoms with Crippen molar-refractivity contribution in [2.45, 2.75) is 327 Å². The highest BCUT2D eigenvalue weighted by Gasteiger charge is 2.72. The molecule has 4 saturated carbocycles. The van der Waals surface area contributed by atoms with E-state index < -0.39 is 265 Å². The molecule has 5 saturated heterocycles. The Morgan fingerprint density at radius 1 is 0.523 bits per heavy atom. The average molecular weight is 1560 g/mol. The molecular weight excluding hydrogens is 1440 g/mol. The molecule has 0 aromatic heterocycles. The number of esters is 6. The zero-order valence-electron chi connectivity index (χ0n) is 64.4. The highest BCUT2D eigenvalue weighted by atomic mass is 16.8. The molecule has 620 valence electrons. The van der Waals surface area contributed by atoms with Crippen LogP contribution in [0.5, 0.6) is 0 Å². The maximum atomic E-state index is 16.6. The topological polar surface area (TPSA) is 501 Å². The van der Waals surface area contributed by atoms with E-state index in [1.807, 2.05) is 6.92 Å². The van der Waals surface area contributed by atoms with Gasteiger partial charge in [0.2, 0.25) is 6.29 Å². The van der Waals surface area contributed by atoms with E-state index in [0.717, 1.165) is 12.5 Å². The number of carbonyl (C=O) groups excluding carboxylic acids is 6. The van der Waals surface area contributed by atoms with Gasteiger partial charge in [-0.15, -0.1) is 0 Å². The number of ether oxygens (including phenoxy) is 15. The van der Waals surface area contributed by atoms with Crippen LogP contribution in [0.2, 0.25) is 0 Å². The van der Waals surface area contributed by atoms with Gasteiger partial charge in [0.15, 0.2) is 55.7 Å². The monoisotopic (exact) mass is 1560 g/mol. The van der Waals surface area contributed by atoms with Crippen molar-refractivity contribution >= 4 is 41.8 Å². The van der Waals surface area contributed by atoms with Gasteiger partial charge in [-0.1, -0.05) is 67.0 Å². The Hall–Kier alpha value is -4.77. The number of allylic oxidation sites excluding steroid dienone is 2. The Balaban J connectivity index is 1.03. The summed E-state index contributed by atoms with van der Waals surface area (Å²) in [5.74, 6) is -8.96. The fourth-order valence-corrected chi connectivity index (χ4v) is 19.8. The predicted octanol–water partition coefficient (Wildman–Crippen LogP) is 0.398. The number of carboxylic acids is 1. The van der Waals surface area contributed by atoms with Crippen LogP contribution in [0.1, 0.15) is 167 Å². The first-order valence-electron chi connectivity index (χ1n) is 38.3. The van der Waals surface area contributed by atoms with E-state index in [1.54, 1.807) is 34.6 Å². The molecular formula is C75H116O34. The fraction of sp³-hybridized carbons (Fsp3) is 0.880. The number of aliphatic hydroxyl groups is 11. The van der Waals surface area contributed by atoms with Crippen LogP contribution in [-0.2, 0) is 105 Å². The Morgan fingerprint density at radius 3 is 1.62 bits per heavy atom. The van der Waals surface area contributed by atoms with Gasteiger partial charge in [0.1, 0.15) is 79.4 Å². The molecule has 0 aromatic carbocycles. The lowest BCUT2D eigenvalue weighted by molar-refractivity contribution is -0.385. The lowest BCUT2D eigenvalue weighted by Crippen LogP contribution is -2.68. The zero-order chi connectivity index (χ0) is 80.4. The van der Waals surface area contributed by atoms with E-state index in [1.165, 1.54) is 27.9 Å². The van der Waals surface area contributed by atoms with Crippen LogP contribution in [0.25, 0.3) is 0 Å². The minimum absolute atomic E-state index is 0.0420. The molecule has 5 aliphatic carbocycles. The molecule has 0 amide bonds. The minimum Gasteiger partial charge on any atom is -0.479 e. The lowest BCUT2D eigenvalue weighted by atomic mass is 9.33. The molecule has 0 bridgehead atoms. The number of aliphatic carboxylic acids is 1. The van der Waals surface area contributed by atoms with Crippen LogP contribution in [0, 0.1) is 62.1 Å². The zero-order valence-corrected chi connectivity index (χ0v) is 64.4. The van der Waals surface area contributed by atoms with Crippen molar-refractivity contribution in [2.75, 3.05) is 26.9 Å². The van der Waals surface area contributed by atoms with E-state index >= 15 is 4.79 Å². The molecule has 109 heavy (non-hydrogen) atoms. The number of carbonyl (C=O) groups is 7. The van der Waals surface area contributed by atoms with Gasteiger partial charge in [0, 0.05) is 19.3 Å². The van der Waals surface area contributed by atoms with Crippen molar-refractivity contribution in [3.63, 3.8) is 0 Å². The van der Waals surface area contributed by atoms with Crippen molar-refractivity contribution in [3.05, 3.63) is 11.6 Å². The summed E-state index contributed by atoms with van der Waals surface area (Å²) in [7, 11) is 1.28. The summed E-state index contributed by atoms with van der Waals surface area (Å²) in [5.41, 5.74) is -4.99. The maximum Gasteiger partial charge on any atom is 0.335 e. The standard InChI is InChI=1S/C75H116O34/c1-15-31(3)61(91)103-53-34(6)98-67(59(57(53)107-64-52(88)48(84)46(82)40(29-77)101-64)108-66-58(99-36(8)79)54(44(80)33(5)97-66)104-62(92)32(4)16-2)109-69(94)75-25-23-70(9,68(93)95-14)27-38(75)37-17-18-42-71(10)21-20-43(72(11,30-96-35(7)78)41(71)19-22-74(42,13)73(37,12)24-26-75)102-65-56(50(86)49(85)55(105-65)60(89)90)106-63-51(87)47(83)45(81)39(28-76)100-63/h17,31-34,38-59,63-67,76-77,80-88H,15-16,18-30H2,1-14H3,(H,89,90). The summed E-state index contributed by atoms with van der Waals surface area (Å²) < 4.78 is 93.0. The molecule has 34 heteroatoms. The molecule has 0 spiro atoms. The second-order valence-corrected chi connectivity index (χ2v) is 33.5. The molecule has 5 heterocycles. The molecule has 5 aliphatic heterocycles. The SMILES string of the molecule is CCC(C)C(=O)OC1C(C)OC(OC(=O)C23CCC(C)(C(=O)OC)CC2C2=CCC4C5(C)CCC(OC6OC(C(=O)O)C(O)C(O)C6OC6OC(CO)C(O)C(O)C6O)C(C)(COC(C)=O)C5CCC4(C)C2(C)CC3)C(OC2OC(C)C(O)C(OC(=O)C(C)CC)C2OC(C)=O)C1OC1OC(CO)C(O)C(O)C1O. The van der Waals surface area contributed by atoms with Crippen molar-refractivity contribution < 1.29 is 166 Å². The van der Waals surface area contributed by atoms with Gasteiger partial charge in [-0.25, -0.2) is 4.79 Å². The van der Waals surface area contributed by atoms with Crippen molar-refractivity contribution in [1.29, 1.82) is 0 Å². The van der Waals surface area contributed by atoms with Crippen molar-refractivity contribution in [1.82, 2.24) is 0 Å². The third kappa shape index (κ3) is 15.9. The number of hydrogen-bond donors (Lipinski definition) is 12. The van der Waals surface area contributed by atoms with Gasteiger partial charge in [-0.2, -0.15) is 0 Å². The van der Waals surface area contributed by atoms with Crippen molar-refractivity contribution in [3.8, 4) is 0 Å². The molecule has 37 atom stereocenters. The van der Waals surface area contributed by atoms with E-state index in [0.29, 0.717) is 38.5 Å². The van der Waals surface area contributed by atoms with Gasteiger partial charge in [0.05, 0.1) is 67.9 Å². The van der Waals surface area contributed by atoms with Gasteiger partial charge in [0.25, 0.3) is 0 Å². The molecule has 0 radical (unpaired) electrons. The van der Waals surface area contributed by atoms with Crippen LogP contribution >= 0.6 is 0 Å². The number of carboxylic acid groups (broad SMARTS) is 1.